The molecular formula is C38H41N5O7. The Morgan fingerprint density at radius 1 is 1.04 bits per heavy atom. The summed E-state index contributed by atoms with van der Waals surface area (Å²) in [5, 5.41) is 30.9. The maximum atomic E-state index is 14.1. The molecule has 260 valence electrons. The third kappa shape index (κ3) is 6.76. The van der Waals surface area contributed by atoms with Crippen LogP contribution in [-0.4, -0.2) is 69.9 Å². The smallest absolute Gasteiger partial charge is 0.305 e. The van der Waals surface area contributed by atoms with E-state index in [1.807, 2.05) is 60.8 Å². The van der Waals surface area contributed by atoms with Gasteiger partial charge in [-0.15, -0.1) is 5.10 Å². The molecular weight excluding hydrogens is 638 g/mol. The second-order valence-corrected chi connectivity index (χ2v) is 12.5. The van der Waals surface area contributed by atoms with Crippen molar-refractivity contribution >= 4 is 34.8 Å². The number of carbonyl (C=O) groups is 3. The summed E-state index contributed by atoms with van der Waals surface area (Å²) >= 11 is 0. The maximum Gasteiger partial charge on any atom is 0.305 e. The molecule has 4 aromatic rings. The van der Waals surface area contributed by atoms with Crippen LogP contribution in [-0.2, 0) is 31.3 Å². The van der Waals surface area contributed by atoms with E-state index in [0.29, 0.717) is 66.4 Å². The molecule has 6 rings (SSSR count). The Labute approximate surface area is 290 Å². The minimum Gasteiger partial charge on any atom is -0.482 e. The summed E-state index contributed by atoms with van der Waals surface area (Å²) < 4.78 is 12.1. The van der Waals surface area contributed by atoms with Gasteiger partial charge in [-0.25, -0.2) is 0 Å². The Morgan fingerprint density at radius 3 is 2.60 bits per heavy atom. The van der Waals surface area contributed by atoms with E-state index in [-0.39, 0.29) is 37.4 Å². The van der Waals surface area contributed by atoms with Crippen molar-refractivity contribution in [2.45, 2.75) is 50.7 Å². The normalized spacial score (nSPS) is 18.2. The standard InChI is InChI=1S/C38H41N5O7/c1-26(12-8-10-20-41-23-31(39-40-41)29(24-44)27-13-4-3-5-14-27)38(48)30-22-28(43-33-15-6-7-16-34(33)50-25-35(43)45)18-19-32(30)42(37(38)47)21-11-9-17-36(46)49-2/h3-8,12-16,18-19,22-23,26,29,44,48H,9-11,17,20-21,24-25H2,1-2H3/b12-8+/t26-,29?,38+/m1/s1. The van der Waals surface area contributed by atoms with Crippen molar-refractivity contribution in [3.05, 3.63) is 108 Å². The van der Waals surface area contributed by atoms with Gasteiger partial charge >= 0.3 is 5.97 Å². The first-order chi connectivity index (χ1) is 24.3. The number of unbranched alkanes of at least 4 members (excludes halogenated alkanes) is 1. The van der Waals surface area contributed by atoms with Crippen LogP contribution in [0.25, 0.3) is 0 Å². The van der Waals surface area contributed by atoms with Crippen molar-refractivity contribution in [2.75, 3.05) is 36.7 Å². The average molecular weight is 680 g/mol. The van der Waals surface area contributed by atoms with Gasteiger partial charge in [-0.1, -0.05) is 66.8 Å². The number of allylic oxidation sites excluding steroid dienone is 1. The Bertz CT molecular complexity index is 1880. The van der Waals surface area contributed by atoms with Crippen molar-refractivity contribution in [2.24, 2.45) is 5.92 Å². The number of hydrogen-bond acceptors (Lipinski definition) is 9. The minimum absolute atomic E-state index is 0.0928. The quantitative estimate of drug-likeness (QED) is 0.111. The van der Waals surface area contributed by atoms with Gasteiger partial charge in [0.25, 0.3) is 11.8 Å². The maximum absolute atomic E-state index is 14.1. The number of amides is 2. The zero-order chi connectivity index (χ0) is 35.3. The van der Waals surface area contributed by atoms with E-state index in [4.69, 9.17) is 9.47 Å². The van der Waals surface area contributed by atoms with Crippen molar-refractivity contribution < 1.29 is 34.1 Å². The Kier molecular flexibility index (Phi) is 10.4. The monoisotopic (exact) mass is 679 g/mol. The zero-order valence-electron chi connectivity index (χ0n) is 28.1. The lowest BCUT2D eigenvalue weighted by Crippen LogP contribution is -2.44. The van der Waals surface area contributed by atoms with Crippen LogP contribution in [0.5, 0.6) is 5.75 Å². The van der Waals surface area contributed by atoms with Gasteiger partial charge in [-0.2, -0.15) is 0 Å². The van der Waals surface area contributed by atoms with Gasteiger partial charge in [0.05, 0.1) is 36.7 Å². The molecule has 50 heavy (non-hydrogen) atoms. The molecule has 0 radical (unpaired) electrons. The van der Waals surface area contributed by atoms with Crippen molar-refractivity contribution in [3.8, 4) is 5.75 Å². The number of methoxy groups -OCH3 is 1. The topological polar surface area (TPSA) is 147 Å². The number of fused-ring (bicyclic) bond motifs is 2. The molecule has 0 saturated carbocycles. The average Bonchev–Trinajstić information content (AvgIpc) is 3.69. The Hall–Kier alpha value is -5.33. The largest absolute Gasteiger partial charge is 0.482 e. The van der Waals surface area contributed by atoms with Gasteiger partial charge in [-0.3, -0.25) is 24.0 Å². The number of esters is 1. The van der Waals surface area contributed by atoms with E-state index >= 15 is 0 Å². The van der Waals surface area contributed by atoms with Crippen LogP contribution < -0.4 is 14.5 Å². The highest BCUT2D eigenvalue weighted by atomic mass is 16.5. The number of ether oxygens (including phenoxy) is 2. The summed E-state index contributed by atoms with van der Waals surface area (Å²) in [6, 6.07) is 22.1. The van der Waals surface area contributed by atoms with E-state index in [0.717, 1.165) is 5.56 Å². The Balaban J connectivity index is 1.22. The third-order valence-electron chi connectivity index (χ3n) is 9.36. The van der Waals surface area contributed by atoms with Gasteiger partial charge in [0.2, 0.25) is 0 Å². The lowest BCUT2D eigenvalue weighted by atomic mass is 9.82. The second-order valence-electron chi connectivity index (χ2n) is 12.5. The van der Waals surface area contributed by atoms with Gasteiger partial charge in [0.1, 0.15) is 5.75 Å². The molecule has 2 amide bonds. The molecule has 0 bridgehead atoms. The number of aliphatic hydroxyl groups is 2. The molecule has 3 heterocycles. The van der Waals surface area contributed by atoms with E-state index in [2.05, 4.69) is 10.3 Å². The van der Waals surface area contributed by atoms with Crippen LogP contribution in [0.1, 0.15) is 55.3 Å². The highest BCUT2D eigenvalue weighted by Crippen LogP contribution is 2.48. The first-order valence-corrected chi connectivity index (χ1v) is 16.8. The number of para-hydroxylation sites is 2. The molecule has 2 aliphatic rings. The summed E-state index contributed by atoms with van der Waals surface area (Å²) in [6.45, 7) is 2.36. The number of aromatic nitrogens is 3. The van der Waals surface area contributed by atoms with Crippen LogP contribution in [0, 0.1) is 5.92 Å². The molecule has 1 unspecified atom stereocenters. The highest BCUT2D eigenvalue weighted by molar-refractivity contribution is 6.09. The van der Waals surface area contributed by atoms with E-state index in [1.165, 1.54) is 7.11 Å². The molecule has 12 nitrogen and oxygen atoms in total. The third-order valence-corrected chi connectivity index (χ3v) is 9.36. The molecule has 0 saturated heterocycles. The fourth-order valence-corrected chi connectivity index (χ4v) is 6.61. The summed E-state index contributed by atoms with van der Waals surface area (Å²) in [5.41, 5.74) is 1.76. The van der Waals surface area contributed by atoms with Crippen LogP contribution in [0.3, 0.4) is 0 Å². The van der Waals surface area contributed by atoms with Gasteiger partial charge in [0.15, 0.2) is 12.2 Å². The second kappa shape index (κ2) is 15.1. The number of aryl methyl sites for hydroxylation is 1. The first-order valence-electron chi connectivity index (χ1n) is 16.8. The molecule has 0 fully saturated rings. The van der Waals surface area contributed by atoms with Crippen molar-refractivity contribution in [3.63, 3.8) is 0 Å². The van der Waals surface area contributed by atoms with Gasteiger partial charge < -0.3 is 24.6 Å². The fraction of sp³-hybridized carbons (Fsp3) is 0.342. The molecule has 0 aliphatic carbocycles. The van der Waals surface area contributed by atoms with Crippen LogP contribution in [0.2, 0.25) is 0 Å². The Morgan fingerprint density at radius 2 is 1.82 bits per heavy atom. The van der Waals surface area contributed by atoms with Gasteiger partial charge in [-0.05, 0) is 55.2 Å². The summed E-state index contributed by atoms with van der Waals surface area (Å²) in [6.07, 6.45) is 7.37. The molecule has 12 heteroatoms. The molecule has 3 atom stereocenters. The number of anilines is 3. The lowest BCUT2D eigenvalue weighted by molar-refractivity contribution is -0.140. The zero-order valence-corrected chi connectivity index (χ0v) is 28.1. The molecule has 1 aromatic heterocycles. The lowest BCUT2D eigenvalue weighted by Gasteiger charge is -2.31. The number of rotatable bonds is 14. The number of aliphatic hydroxyl groups excluding tert-OH is 1. The summed E-state index contributed by atoms with van der Waals surface area (Å²) in [4.78, 5) is 42.1. The highest BCUT2D eigenvalue weighted by Gasteiger charge is 2.52. The van der Waals surface area contributed by atoms with Crippen LogP contribution >= 0.6 is 0 Å². The number of hydrogen-bond donors (Lipinski definition) is 2. The molecule has 0 spiro atoms. The van der Waals surface area contributed by atoms with Crippen LogP contribution in [0.4, 0.5) is 17.1 Å². The number of benzene rings is 3. The predicted octanol–water partition coefficient (Wildman–Crippen LogP) is 4.62. The SMILES string of the molecule is COC(=O)CCCCN1C(=O)[C@](O)([C@H](C)/C=C/CCn2cc(C(CO)c3ccccc3)nn2)c2cc(N3C(=O)COc4ccccc43)ccc21. The summed E-state index contributed by atoms with van der Waals surface area (Å²) in [5.74, 6) is -1.41. The summed E-state index contributed by atoms with van der Waals surface area (Å²) in [7, 11) is 1.34. The van der Waals surface area contributed by atoms with Crippen molar-refractivity contribution in [1.29, 1.82) is 0 Å². The van der Waals surface area contributed by atoms with Crippen LogP contribution in [0.15, 0.2) is 91.1 Å². The van der Waals surface area contributed by atoms with Crippen molar-refractivity contribution in [1.82, 2.24) is 15.0 Å². The molecule has 2 N–H and O–H groups in total. The predicted molar refractivity (Wildman–Crippen MR) is 186 cm³/mol. The molecule has 3 aromatic carbocycles. The number of nitrogens with zero attached hydrogens (tertiary/aromatic N) is 5. The van der Waals surface area contributed by atoms with E-state index < -0.39 is 17.4 Å². The molecule has 2 aliphatic heterocycles. The minimum atomic E-state index is -1.91. The van der Waals surface area contributed by atoms with E-state index in [9.17, 15) is 24.6 Å². The first kappa shape index (κ1) is 34.5. The van der Waals surface area contributed by atoms with Gasteiger partial charge in [0, 0.05) is 42.9 Å². The fourth-order valence-electron chi connectivity index (χ4n) is 6.61. The number of carbonyl (C=O) groups excluding carboxylic acids is 3. The van der Waals surface area contributed by atoms with E-state index in [1.54, 1.807) is 51.7 Å².